The second-order valence-electron chi connectivity index (χ2n) is 6.87. The highest BCUT2D eigenvalue weighted by molar-refractivity contribution is 6.30. The van der Waals surface area contributed by atoms with E-state index in [1.807, 2.05) is 0 Å². The highest BCUT2D eigenvalue weighted by atomic mass is 35.5. The van der Waals surface area contributed by atoms with Crippen LogP contribution in [0.1, 0.15) is 29.6 Å². The third-order valence-electron chi connectivity index (χ3n) is 4.38. The molecular weight excluding hydrogens is 465 g/mol. The average Bonchev–Trinajstić information content (AvgIpc) is 2.73. The number of methoxy groups -OCH3 is 1. The van der Waals surface area contributed by atoms with Crippen molar-refractivity contribution in [2.75, 3.05) is 12.8 Å². The lowest BCUT2D eigenvalue weighted by atomic mass is 10.2. The van der Waals surface area contributed by atoms with Gasteiger partial charge < -0.3 is 15.2 Å². The first-order valence-corrected chi connectivity index (χ1v) is 9.55. The molecule has 172 valence electrons. The van der Waals surface area contributed by atoms with Crippen molar-refractivity contribution in [3.05, 3.63) is 62.3 Å². The van der Waals surface area contributed by atoms with E-state index in [0.29, 0.717) is 12.7 Å². The molecule has 0 aliphatic carbocycles. The molecule has 2 heterocycles. The van der Waals surface area contributed by atoms with Crippen LogP contribution in [0.25, 0.3) is 0 Å². The molecule has 3 rings (SSSR count). The van der Waals surface area contributed by atoms with Crippen LogP contribution in [0.3, 0.4) is 0 Å². The maximum Gasteiger partial charge on any atom is 0.297 e. The molecule has 2 N–H and O–H groups in total. The van der Waals surface area contributed by atoms with Crippen LogP contribution in [0, 0.1) is 24.1 Å². The smallest absolute Gasteiger partial charge is 0.297 e. The summed E-state index contributed by atoms with van der Waals surface area (Å²) in [4.78, 5) is 24.8. The molecule has 0 spiro atoms. The van der Waals surface area contributed by atoms with Crippen molar-refractivity contribution in [2.45, 2.75) is 26.3 Å². The van der Waals surface area contributed by atoms with Crippen molar-refractivity contribution in [2.24, 2.45) is 0 Å². The summed E-state index contributed by atoms with van der Waals surface area (Å²) in [6.45, 7) is 1.76. The predicted octanol–water partition coefficient (Wildman–Crippen LogP) is 3.55. The molecule has 0 bridgehead atoms. The molecule has 0 amide bonds. The summed E-state index contributed by atoms with van der Waals surface area (Å²) in [6.07, 6.45) is 0.857. The van der Waals surface area contributed by atoms with Crippen molar-refractivity contribution in [1.29, 1.82) is 5.26 Å². The molecular formula is C20H16ClF3N6O3. The number of hydrogen-bond acceptors (Lipinski definition) is 8. The van der Waals surface area contributed by atoms with Gasteiger partial charge in [0.25, 0.3) is 11.5 Å². The van der Waals surface area contributed by atoms with Gasteiger partial charge in [-0.05, 0) is 13.0 Å². The number of halogens is 4. The number of alkyl halides is 2. The van der Waals surface area contributed by atoms with Crippen LogP contribution in [-0.4, -0.2) is 26.6 Å². The van der Waals surface area contributed by atoms with Crippen LogP contribution in [0.5, 0.6) is 17.4 Å². The van der Waals surface area contributed by atoms with Crippen LogP contribution < -0.4 is 20.8 Å². The largest absolute Gasteiger partial charge is 0.481 e. The third kappa shape index (κ3) is 4.83. The van der Waals surface area contributed by atoms with E-state index in [0.717, 1.165) is 23.0 Å². The minimum Gasteiger partial charge on any atom is -0.481 e. The fourth-order valence-corrected chi connectivity index (χ4v) is 3.10. The first-order chi connectivity index (χ1) is 15.5. The zero-order valence-electron chi connectivity index (χ0n) is 17.5. The van der Waals surface area contributed by atoms with Gasteiger partial charge in [-0.15, -0.1) is 0 Å². The quantitative estimate of drug-likeness (QED) is 0.567. The first kappa shape index (κ1) is 23.8. The molecule has 33 heavy (non-hydrogen) atoms. The number of anilines is 1. The molecule has 13 heteroatoms. The van der Waals surface area contributed by atoms with Crippen LogP contribution in [0.2, 0.25) is 5.02 Å². The maximum atomic E-state index is 14.6. The molecule has 3 aromatic rings. The Bertz CT molecular complexity index is 1330. The van der Waals surface area contributed by atoms with E-state index < -0.39 is 40.1 Å². The molecule has 0 saturated heterocycles. The Morgan fingerprint density at radius 1 is 1.33 bits per heavy atom. The molecule has 0 aliphatic heterocycles. The van der Waals surface area contributed by atoms with Crippen molar-refractivity contribution in [3.8, 4) is 23.4 Å². The van der Waals surface area contributed by atoms with Crippen molar-refractivity contribution >= 4 is 17.4 Å². The van der Waals surface area contributed by atoms with E-state index >= 15 is 0 Å². The maximum absolute atomic E-state index is 14.6. The van der Waals surface area contributed by atoms with E-state index in [-0.39, 0.29) is 28.8 Å². The van der Waals surface area contributed by atoms with Gasteiger partial charge in [-0.2, -0.15) is 19.0 Å². The summed E-state index contributed by atoms with van der Waals surface area (Å²) < 4.78 is 54.2. The summed E-state index contributed by atoms with van der Waals surface area (Å²) in [6, 6.07) is 3.53. The minimum absolute atomic E-state index is 0.00170. The van der Waals surface area contributed by atoms with Gasteiger partial charge >= 0.3 is 0 Å². The van der Waals surface area contributed by atoms with E-state index in [9.17, 15) is 18.0 Å². The zero-order chi connectivity index (χ0) is 24.5. The number of rotatable bonds is 6. The fourth-order valence-electron chi connectivity index (χ4n) is 2.90. The number of nitrogens with two attached hydrogens (primary N) is 1. The Kier molecular flexibility index (Phi) is 6.46. The van der Waals surface area contributed by atoms with Gasteiger partial charge in [-0.1, -0.05) is 11.6 Å². The molecule has 0 radical (unpaired) electrons. The molecule has 0 saturated carbocycles. The molecule has 9 nitrogen and oxygen atoms in total. The lowest BCUT2D eigenvalue weighted by Gasteiger charge is -2.18. The number of ether oxygens (including phenoxy) is 2. The standard InChI is InChI=1S/C20H16ClF3N6O3/c1-9-28-17(26)12(18(29-9)32-3)7-30-8-27-16(20(2,23)24)15(19(30)31)33-13-5-11(21)4-10(6-25)14(13)22/h4-5,8H,7H2,1-3H3,(H2,26,28,29). The molecule has 2 aromatic heterocycles. The predicted molar refractivity (Wildman–Crippen MR) is 111 cm³/mol. The monoisotopic (exact) mass is 480 g/mol. The van der Waals surface area contributed by atoms with Crippen LogP contribution >= 0.6 is 11.6 Å². The number of aryl methyl sites for hydroxylation is 1. The number of hydrogen-bond donors (Lipinski definition) is 1. The van der Waals surface area contributed by atoms with E-state index in [2.05, 4.69) is 15.0 Å². The van der Waals surface area contributed by atoms with Gasteiger partial charge in [0, 0.05) is 18.0 Å². The summed E-state index contributed by atoms with van der Waals surface area (Å²) in [5, 5.41) is 8.93. The summed E-state index contributed by atoms with van der Waals surface area (Å²) in [5.41, 5.74) is 3.48. The Morgan fingerprint density at radius 2 is 2.03 bits per heavy atom. The van der Waals surface area contributed by atoms with Gasteiger partial charge in [0.1, 0.15) is 17.7 Å². The molecule has 0 aliphatic rings. The van der Waals surface area contributed by atoms with Crippen molar-refractivity contribution in [1.82, 2.24) is 19.5 Å². The van der Waals surface area contributed by atoms with Gasteiger partial charge in [0.15, 0.2) is 17.3 Å². The number of benzene rings is 1. The van der Waals surface area contributed by atoms with Crippen LogP contribution in [0.4, 0.5) is 19.0 Å². The molecule has 0 fully saturated rings. The highest BCUT2D eigenvalue weighted by Gasteiger charge is 2.34. The molecule has 1 aromatic carbocycles. The summed E-state index contributed by atoms with van der Waals surface area (Å²) in [5.74, 6) is -6.08. The van der Waals surface area contributed by atoms with Crippen molar-refractivity contribution in [3.63, 3.8) is 0 Å². The normalized spacial score (nSPS) is 11.2. The number of nitriles is 1. The zero-order valence-corrected chi connectivity index (χ0v) is 18.2. The average molecular weight is 481 g/mol. The van der Waals surface area contributed by atoms with E-state index in [4.69, 9.17) is 32.1 Å². The Hall–Kier alpha value is -3.85. The first-order valence-electron chi connectivity index (χ1n) is 9.18. The number of aromatic nitrogens is 4. The fraction of sp³-hybridized carbons (Fsp3) is 0.250. The lowest BCUT2D eigenvalue weighted by molar-refractivity contribution is 0.0100. The SMILES string of the molecule is COc1nc(C)nc(N)c1Cn1cnc(C(C)(F)F)c(Oc2cc(Cl)cc(C#N)c2F)c1=O. The topological polar surface area (TPSA) is 129 Å². The second kappa shape index (κ2) is 8.95. The van der Waals surface area contributed by atoms with Gasteiger partial charge in [0.2, 0.25) is 11.6 Å². The highest BCUT2D eigenvalue weighted by Crippen LogP contribution is 2.35. The Morgan fingerprint density at radius 3 is 2.64 bits per heavy atom. The van der Waals surface area contributed by atoms with E-state index in [1.165, 1.54) is 7.11 Å². The van der Waals surface area contributed by atoms with E-state index in [1.54, 1.807) is 13.0 Å². The van der Waals surface area contributed by atoms with Crippen LogP contribution in [-0.2, 0) is 12.5 Å². The summed E-state index contributed by atoms with van der Waals surface area (Å²) in [7, 11) is 1.33. The minimum atomic E-state index is -3.62. The van der Waals surface area contributed by atoms with Gasteiger partial charge in [0.05, 0.1) is 31.1 Å². The Labute approximate surface area is 190 Å². The number of nitrogens with zero attached hydrogens (tertiary/aromatic N) is 5. The number of nitrogen functional groups attached to an aromatic ring is 1. The van der Waals surface area contributed by atoms with Gasteiger partial charge in [-0.3, -0.25) is 9.36 Å². The van der Waals surface area contributed by atoms with Gasteiger partial charge in [-0.25, -0.2) is 14.4 Å². The van der Waals surface area contributed by atoms with Crippen molar-refractivity contribution < 1.29 is 22.6 Å². The Balaban J connectivity index is 2.18. The second-order valence-corrected chi connectivity index (χ2v) is 7.30. The molecule has 0 atom stereocenters. The summed E-state index contributed by atoms with van der Waals surface area (Å²) >= 11 is 5.85. The van der Waals surface area contributed by atoms with Crippen LogP contribution in [0.15, 0.2) is 23.3 Å². The third-order valence-corrected chi connectivity index (χ3v) is 4.60. The lowest BCUT2D eigenvalue weighted by Crippen LogP contribution is -2.27. The molecule has 0 unspecified atom stereocenters.